The van der Waals surface area contributed by atoms with Gasteiger partial charge in [-0.2, -0.15) is 0 Å². The third kappa shape index (κ3) is 4.36. The molecule has 5 heteroatoms. The van der Waals surface area contributed by atoms with Crippen LogP contribution >= 0.6 is 22.7 Å². The first-order valence-corrected chi connectivity index (χ1v) is 8.90. The van der Waals surface area contributed by atoms with Gasteiger partial charge in [0.25, 0.3) is 0 Å². The van der Waals surface area contributed by atoms with Gasteiger partial charge in [-0.1, -0.05) is 27.2 Å². The van der Waals surface area contributed by atoms with Gasteiger partial charge in [-0.3, -0.25) is 0 Å². The molecule has 0 aliphatic rings. The molecule has 0 bridgehead atoms. The van der Waals surface area contributed by atoms with Crippen LogP contribution in [-0.4, -0.2) is 16.0 Å². The Morgan fingerprint density at radius 1 is 1.25 bits per heavy atom. The summed E-state index contributed by atoms with van der Waals surface area (Å²) in [5.74, 6) is 0. The molecule has 0 unspecified atom stereocenters. The van der Waals surface area contributed by atoms with E-state index in [0.717, 1.165) is 31.5 Å². The molecule has 2 rings (SSSR count). The third-order valence-corrected chi connectivity index (χ3v) is 5.01. The van der Waals surface area contributed by atoms with Crippen molar-refractivity contribution in [2.45, 2.75) is 59.5 Å². The largest absolute Gasteiger partial charge is 0.310 e. The summed E-state index contributed by atoms with van der Waals surface area (Å²) in [6, 6.07) is 0.511. The first kappa shape index (κ1) is 15.6. The number of hydrogen-bond acceptors (Lipinski definition) is 5. The summed E-state index contributed by atoms with van der Waals surface area (Å²) < 4.78 is 0. The van der Waals surface area contributed by atoms with Gasteiger partial charge in [0, 0.05) is 28.5 Å². The van der Waals surface area contributed by atoms with Crippen LogP contribution in [-0.2, 0) is 19.4 Å². The maximum absolute atomic E-state index is 4.83. The van der Waals surface area contributed by atoms with Crippen molar-refractivity contribution in [1.82, 2.24) is 15.3 Å². The second-order valence-electron chi connectivity index (χ2n) is 5.32. The van der Waals surface area contributed by atoms with E-state index < -0.39 is 0 Å². The van der Waals surface area contributed by atoms with Crippen LogP contribution in [0.1, 0.15) is 53.5 Å². The number of aryl methyl sites for hydroxylation is 2. The zero-order chi connectivity index (χ0) is 14.5. The first-order chi connectivity index (χ1) is 9.58. The zero-order valence-corrected chi connectivity index (χ0v) is 14.3. The topological polar surface area (TPSA) is 37.8 Å². The average molecular weight is 310 g/mol. The fourth-order valence-electron chi connectivity index (χ4n) is 1.99. The second-order valence-corrected chi connectivity index (χ2v) is 7.43. The Bertz CT molecular complexity index is 543. The van der Waals surface area contributed by atoms with E-state index in [0.29, 0.717) is 6.04 Å². The van der Waals surface area contributed by atoms with Crippen molar-refractivity contribution < 1.29 is 0 Å². The lowest BCUT2D eigenvalue weighted by Gasteiger charge is -2.07. The highest BCUT2D eigenvalue weighted by molar-refractivity contribution is 7.12. The lowest BCUT2D eigenvalue weighted by molar-refractivity contribution is 0.589. The van der Waals surface area contributed by atoms with Crippen molar-refractivity contribution in [3.63, 3.8) is 0 Å². The molecule has 0 saturated heterocycles. The molecule has 0 atom stereocenters. The molecule has 0 spiro atoms. The Morgan fingerprint density at radius 2 is 2.05 bits per heavy atom. The molecule has 2 aromatic heterocycles. The summed E-state index contributed by atoms with van der Waals surface area (Å²) in [5.41, 5.74) is 2.38. The normalized spacial score (nSPS) is 11.4. The summed E-state index contributed by atoms with van der Waals surface area (Å²) in [4.78, 5) is 10.8. The van der Waals surface area contributed by atoms with E-state index in [1.807, 2.05) is 18.3 Å². The number of nitrogens with one attached hydrogen (secondary N) is 1. The van der Waals surface area contributed by atoms with Gasteiger partial charge in [0.1, 0.15) is 0 Å². The van der Waals surface area contributed by atoms with Crippen molar-refractivity contribution in [2.75, 3.05) is 0 Å². The van der Waals surface area contributed by atoms with Crippen LogP contribution in [0.4, 0.5) is 0 Å². The van der Waals surface area contributed by atoms with Gasteiger partial charge in [0.05, 0.1) is 22.1 Å². The molecule has 0 fully saturated rings. The monoisotopic (exact) mass is 309 g/mol. The Balaban J connectivity index is 2.11. The summed E-state index contributed by atoms with van der Waals surface area (Å²) >= 11 is 3.57. The van der Waals surface area contributed by atoms with Crippen molar-refractivity contribution >= 4 is 22.7 Å². The lowest BCUT2D eigenvalue weighted by Crippen LogP contribution is -2.21. The molecule has 0 aliphatic heterocycles. The van der Waals surface area contributed by atoms with Gasteiger partial charge in [0.2, 0.25) is 0 Å². The minimum Gasteiger partial charge on any atom is -0.310 e. The Labute approximate surface area is 129 Å². The van der Waals surface area contributed by atoms with Crippen LogP contribution in [0.2, 0.25) is 0 Å². The quantitative estimate of drug-likeness (QED) is 0.841. The molecular formula is C15H23N3S2. The van der Waals surface area contributed by atoms with E-state index in [4.69, 9.17) is 4.98 Å². The van der Waals surface area contributed by atoms with Crippen molar-refractivity contribution in [3.8, 4) is 0 Å². The molecule has 0 aliphatic carbocycles. The van der Waals surface area contributed by atoms with Gasteiger partial charge in [-0.05, 0) is 13.3 Å². The van der Waals surface area contributed by atoms with Gasteiger partial charge >= 0.3 is 0 Å². The fourth-order valence-corrected chi connectivity index (χ4v) is 3.93. The third-order valence-electron chi connectivity index (χ3n) is 2.95. The summed E-state index contributed by atoms with van der Waals surface area (Å²) in [5, 5.41) is 7.97. The van der Waals surface area contributed by atoms with Gasteiger partial charge < -0.3 is 5.32 Å². The maximum atomic E-state index is 4.83. The highest BCUT2D eigenvalue weighted by atomic mass is 32.1. The molecule has 0 aromatic carbocycles. The van der Waals surface area contributed by atoms with Gasteiger partial charge in [-0.25, -0.2) is 9.97 Å². The van der Waals surface area contributed by atoms with E-state index in [-0.39, 0.29) is 0 Å². The highest BCUT2D eigenvalue weighted by Crippen LogP contribution is 2.23. The number of nitrogens with zero attached hydrogens (tertiary/aromatic N) is 2. The molecule has 110 valence electrons. The molecule has 1 N–H and O–H groups in total. The van der Waals surface area contributed by atoms with E-state index in [9.17, 15) is 0 Å². The zero-order valence-electron chi connectivity index (χ0n) is 12.7. The average Bonchev–Trinajstić information content (AvgIpc) is 2.95. The maximum Gasteiger partial charge on any atom is 0.0999 e. The molecule has 3 nitrogen and oxygen atoms in total. The smallest absolute Gasteiger partial charge is 0.0999 e. The van der Waals surface area contributed by atoms with Crippen LogP contribution in [0.3, 0.4) is 0 Å². The molecular weight excluding hydrogens is 286 g/mol. The van der Waals surface area contributed by atoms with Crippen LogP contribution in [0, 0.1) is 6.92 Å². The van der Waals surface area contributed by atoms with Crippen LogP contribution in [0.25, 0.3) is 0 Å². The number of aromatic nitrogens is 2. The standard InChI is InChI=1S/C15H23N3S2/c1-5-6-12-13(8-16-10(2)3)20-15(18-12)7-14-17-11(4)9-19-14/h9-10,16H,5-8H2,1-4H3. The van der Waals surface area contributed by atoms with E-state index in [1.54, 1.807) is 11.3 Å². The van der Waals surface area contributed by atoms with Crippen molar-refractivity contribution in [1.29, 1.82) is 0 Å². The van der Waals surface area contributed by atoms with E-state index >= 15 is 0 Å². The fraction of sp³-hybridized carbons (Fsp3) is 0.600. The van der Waals surface area contributed by atoms with Gasteiger partial charge in [0.15, 0.2) is 0 Å². The van der Waals surface area contributed by atoms with E-state index in [2.05, 4.69) is 36.5 Å². The highest BCUT2D eigenvalue weighted by Gasteiger charge is 2.12. The van der Waals surface area contributed by atoms with E-state index in [1.165, 1.54) is 20.6 Å². The number of rotatable bonds is 7. The van der Waals surface area contributed by atoms with Crippen LogP contribution in [0.15, 0.2) is 5.38 Å². The minimum atomic E-state index is 0.511. The Hall–Kier alpha value is -0.780. The second kappa shape index (κ2) is 7.29. The molecule has 2 heterocycles. The molecule has 0 radical (unpaired) electrons. The number of thiazole rings is 2. The first-order valence-electron chi connectivity index (χ1n) is 7.20. The van der Waals surface area contributed by atoms with Crippen molar-refractivity contribution in [3.05, 3.63) is 31.7 Å². The predicted octanol–water partition coefficient (Wildman–Crippen LogP) is 3.95. The summed E-state index contributed by atoms with van der Waals surface area (Å²) in [6.07, 6.45) is 3.10. The molecule has 0 saturated carbocycles. The number of hydrogen-bond donors (Lipinski definition) is 1. The Kier molecular flexibility index (Phi) is 5.69. The summed E-state index contributed by atoms with van der Waals surface area (Å²) in [7, 11) is 0. The Morgan fingerprint density at radius 3 is 2.65 bits per heavy atom. The SMILES string of the molecule is CCCc1nc(Cc2nc(C)cs2)sc1CNC(C)C. The predicted molar refractivity (Wildman–Crippen MR) is 87.7 cm³/mol. The van der Waals surface area contributed by atoms with Crippen LogP contribution < -0.4 is 5.32 Å². The molecule has 20 heavy (non-hydrogen) atoms. The van der Waals surface area contributed by atoms with Crippen molar-refractivity contribution in [2.24, 2.45) is 0 Å². The van der Waals surface area contributed by atoms with Gasteiger partial charge in [-0.15, -0.1) is 22.7 Å². The summed E-state index contributed by atoms with van der Waals surface area (Å²) in [6.45, 7) is 9.55. The molecule has 2 aromatic rings. The minimum absolute atomic E-state index is 0.511. The van der Waals surface area contributed by atoms with Crippen LogP contribution in [0.5, 0.6) is 0 Å². The lowest BCUT2D eigenvalue weighted by atomic mass is 10.2. The molecule has 0 amide bonds.